The van der Waals surface area contributed by atoms with Gasteiger partial charge in [0.1, 0.15) is 6.61 Å². The summed E-state index contributed by atoms with van der Waals surface area (Å²) in [5.74, 6) is 0.0475. The molecule has 1 aliphatic rings. The Hall–Kier alpha value is -2.21. The molecule has 2 aromatic carbocycles. The summed E-state index contributed by atoms with van der Waals surface area (Å²) >= 11 is 0. The molecule has 0 aliphatic carbocycles. The largest absolute Gasteiger partial charge is 0.387 e. The van der Waals surface area contributed by atoms with Crippen LogP contribution in [0.2, 0.25) is 0 Å². The number of hydrogen-bond acceptors (Lipinski definition) is 4. The number of rotatable bonds is 8. The van der Waals surface area contributed by atoms with E-state index in [0.717, 1.165) is 25.1 Å². The van der Waals surface area contributed by atoms with Crippen LogP contribution in [0.5, 0.6) is 0 Å². The average Bonchev–Trinajstić information content (AvgIpc) is 2.73. The summed E-state index contributed by atoms with van der Waals surface area (Å²) in [6.45, 7) is 4.21. The third kappa shape index (κ3) is 6.17. The van der Waals surface area contributed by atoms with Gasteiger partial charge in [-0.05, 0) is 17.5 Å². The predicted octanol–water partition coefficient (Wildman–Crippen LogP) is 2.12. The summed E-state index contributed by atoms with van der Waals surface area (Å²) in [7, 11) is 0. The number of carbonyl (C=O) groups is 1. The SMILES string of the molecule is O=C(COCCc1ccccc1)N1CCN(CC(O)c2ccccc2)CC1. The Labute approximate surface area is 161 Å². The molecule has 2 aromatic rings. The molecule has 1 fully saturated rings. The number of nitrogens with zero attached hydrogens (tertiary/aromatic N) is 2. The van der Waals surface area contributed by atoms with Crippen LogP contribution in [0.3, 0.4) is 0 Å². The second kappa shape index (κ2) is 10.2. The fraction of sp³-hybridized carbons (Fsp3) is 0.409. The average molecular weight is 368 g/mol. The first-order valence-electron chi connectivity index (χ1n) is 9.57. The predicted molar refractivity (Wildman–Crippen MR) is 105 cm³/mol. The third-order valence-electron chi connectivity index (χ3n) is 4.94. The first-order valence-corrected chi connectivity index (χ1v) is 9.57. The van der Waals surface area contributed by atoms with Crippen LogP contribution >= 0.6 is 0 Å². The van der Waals surface area contributed by atoms with Gasteiger partial charge in [-0.25, -0.2) is 0 Å². The van der Waals surface area contributed by atoms with E-state index in [0.29, 0.717) is 26.2 Å². The Morgan fingerprint density at radius 2 is 1.59 bits per heavy atom. The number of benzene rings is 2. The van der Waals surface area contributed by atoms with Crippen molar-refractivity contribution in [2.24, 2.45) is 0 Å². The van der Waals surface area contributed by atoms with E-state index < -0.39 is 6.10 Å². The van der Waals surface area contributed by atoms with E-state index in [-0.39, 0.29) is 12.5 Å². The fourth-order valence-electron chi connectivity index (χ4n) is 3.29. The van der Waals surface area contributed by atoms with E-state index in [1.807, 2.05) is 53.4 Å². The van der Waals surface area contributed by atoms with Crippen LogP contribution < -0.4 is 0 Å². The zero-order chi connectivity index (χ0) is 18.9. The van der Waals surface area contributed by atoms with Crippen molar-refractivity contribution in [1.82, 2.24) is 9.80 Å². The minimum absolute atomic E-state index is 0.0475. The molecule has 5 nitrogen and oxygen atoms in total. The van der Waals surface area contributed by atoms with Gasteiger partial charge in [0, 0.05) is 32.7 Å². The van der Waals surface area contributed by atoms with Gasteiger partial charge in [0.2, 0.25) is 5.91 Å². The molecule has 1 unspecified atom stereocenters. The van der Waals surface area contributed by atoms with E-state index in [2.05, 4.69) is 17.0 Å². The Bertz CT molecular complexity index is 685. The molecule has 3 rings (SSSR count). The number of piperazine rings is 1. The van der Waals surface area contributed by atoms with E-state index in [1.54, 1.807) is 0 Å². The number of ether oxygens (including phenoxy) is 1. The molecule has 144 valence electrons. The molecular weight excluding hydrogens is 340 g/mol. The lowest BCUT2D eigenvalue weighted by Gasteiger charge is -2.35. The number of carbonyl (C=O) groups excluding carboxylic acids is 1. The van der Waals surface area contributed by atoms with Gasteiger partial charge in [-0.2, -0.15) is 0 Å². The maximum atomic E-state index is 12.3. The number of aliphatic hydroxyl groups excluding tert-OH is 1. The van der Waals surface area contributed by atoms with Gasteiger partial charge in [0.15, 0.2) is 0 Å². The lowest BCUT2D eigenvalue weighted by Crippen LogP contribution is -2.50. The molecule has 1 atom stereocenters. The Morgan fingerprint density at radius 1 is 0.963 bits per heavy atom. The highest BCUT2D eigenvalue weighted by Crippen LogP contribution is 2.15. The maximum Gasteiger partial charge on any atom is 0.248 e. The van der Waals surface area contributed by atoms with Crippen LogP contribution in [0.25, 0.3) is 0 Å². The smallest absolute Gasteiger partial charge is 0.248 e. The first-order chi connectivity index (χ1) is 13.2. The van der Waals surface area contributed by atoms with Crippen LogP contribution in [0.15, 0.2) is 60.7 Å². The molecule has 27 heavy (non-hydrogen) atoms. The zero-order valence-electron chi connectivity index (χ0n) is 15.7. The second-order valence-corrected chi connectivity index (χ2v) is 6.90. The summed E-state index contributed by atoms with van der Waals surface area (Å²) < 4.78 is 5.56. The maximum absolute atomic E-state index is 12.3. The molecule has 0 spiro atoms. The molecule has 0 bridgehead atoms. The standard InChI is InChI=1S/C22H28N2O3/c25-21(20-9-5-2-6-10-20)17-23-12-14-24(15-13-23)22(26)18-27-16-11-19-7-3-1-4-8-19/h1-10,21,25H,11-18H2. The Balaban J connectivity index is 1.33. The van der Waals surface area contributed by atoms with E-state index in [9.17, 15) is 9.90 Å². The first kappa shape index (κ1) is 19.5. The van der Waals surface area contributed by atoms with Crippen LogP contribution in [0.4, 0.5) is 0 Å². The minimum Gasteiger partial charge on any atom is -0.387 e. The normalized spacial score (nSPS) is 16.3. The van der Waals surface area contributed by atoms with Crippen molar-refractivity contribution in [1.29, 1.82) is 0 Å². The van der Waals surface area contributed by atoms with Crippen molar-refractivity contribution >= 4 is 5.91 Å². The summed E-state index contributed by atoms with van der Waals surface area (Å²) in [4.78, 5) is 16.4. The zero-order valence-corrected chi connectivity index (χ0v) is 15.7. The monoisotopic (exact) mass is 368 g/mol. The molecule has 0 aromatic heterocycles. The van der Waals surface area contributed by atoms with Gasteiger partial charge in [0.05, 0.1) is 12.7 Å². The number of β-amino-alcohol motifs (C(OH)–C–C–N with tert-alkyl or cyclic N) is 1. The highest BCUT2D eigenvalue weighted by atomic mass is 16.5. The molecule has 0 saturated carbocycles. The molecule has 5 heteroatoms. The van der Waals surface area contributed by atoms with E-state index >= 15 is 0 Å². The van der Waals surface area contributed by atoms with Crippen molar-refractivity contribution < 1.29 is 14.6 Å². The van der Waals surface area contributed by atoms with Gasteiger partial charge >= 0.3 is 0 Å². The minimum atomic E-state index is -0.491. The Morgan fingerprint density at radius 3 is 2.26 bits per heavy atom. The van der Waals surface area contributed by atoms with Crippen LogP contribution in [-0.4, -0.2) is 66.8 Å². The van der Waals surface area contributed by atoms with Crippen LogP contribution in [0, 0.1) is 0 Å². The van der Waals surface area contributed by atoms with Crippen molar-refractivity contribution in [3.05, 3.63) is 71.8 Å². The van der Waals surface area contributed by atoms with Crippen molar-refractivity contribution in [3.63, 3.8) is 0 Å². The van der Waals surface area contributed by atoms with Crippen LogP contribution in [0.1, 0.15) is 17.2 Å². The Kier molecular flexibility index (Phi) is 7.39. The van der Waals surface area contributed by atoms with Crippen LogP contribution in [-0.2, 0) is 16.0 Å². The number of amides is 1. The molecule has 1 heterocycles. The van der Waals surface area contributed by atoms with Crippen molar-refractivity contribution in [2.45, 2.75) is 12.5 Å². The van der Waals surface area contributed by atoms with Crippen molar-refractivity contribution in [2.75, 3.05) is 45.9 Å². The second-order valence-electron chi connectivity index (χ2n) is 6.90. The topological polar surface area (TPSA) is 53.0 Å². The molecule has 1 N–H and O–H groups in total. The third-order valence-corrected chi connectivity index (χ3v) is 4.94. The molecule has 1 saturated heterocycles. The quantitative estimate of drug-likeness (QED) is 0.725. The highest BCUT2D eigenvalue weighted by Gasteiger charge is 2.22. The molecule has 1 amide bonds. The van der Waals surface area contributed by atoms with Gasteiger partial charge in [-0.3, -0.25) is 9.69 Å². The van der Waals surface area contributed by atoms with Gasteiger partial charge in [-0.15, -0.1) is 0 Å². The number of aliphatic hydroxyl groups is 1. The summed E-state index contributed by atoms with van der Waals surface area (Å²) in [6.07, 6.45) is 0.328. The molecule has 0 radical (unpaired) electrons. The summed E-state index contributed by atoms with van der Waals surface area (Å²) in [5, 5.41) is 10.3. The summed E-state index contributed by atoms with van der Waals surface area (Å²) in [5.41, 5.74) is 2.15. The highest BCUT2D eigenvalue weighted by molar-refractivity contribution is 5.77. The van der Waals surface area contributed by atoms with E-state index in [1.165, 1.54) is 5.56 Å². The molecular formula is C22H28N2O3. The number of hydrogen-bond donors (Lipinski definition) is 1. The summed E-state index contributed by atoms with van der Waals surface area (Å²) in [6, 6.07) is 19.8. The lowest BCUT2D eigenvalue weighted by atomic mass is 10.1. The van der Waals surface area contributed by atoms with Crippen molar-refractivity contribution in [3.8, 4) is 0 Å². The fourth-order valence-corrected chi connectivity index (χ4v) is 3.29. The van der Waals surface area contributed by atoms with Gasteiger partial charge in [-0.1, -0.05) is 60.7 Å². The molecule has 1 aliphatic heterocycles. The van der Waals surface area contributed by atoms with E-state index in [4.69, 9.17) is 4.74 Å². The van der Waals surface area contributed by atoms with Gasteiger partial charge in [0.25, 0.3) is 0 Å². The lowest BCUT2D eigenvalue weighted by molar-refractivity contribution is -0.138. The van der Waals surface area contributed by atoms with Gasteiger partial charge < -0.3 is 14.7 Å².